The topological polar surface area (TPSA) is 76.2 Å². The molecule has 0 atom stereocenters. The number of amides is 1. The maximum atomic E-state index is 13.7. The van der Waals surface area contributed by atoms with Gasteiger partial charge in [-0.05, 0) is 49.2 Å². The molecule has 4 rings (SSSR count). The SMILES string of the molecule is COc1ccc(N(CC(=O)N2CCc3ccccc32)S(=O)(=O)c2ccc(C)cc2)cc1OC. The molecule has 0 N–H and O–H groups in total. The predicted octanol–water partition coefficient (Wildman–Crippen LogP) is 3.80. The lowest BCUT2D eigenvalue weighted by molar-refractivity contribution is -0.117. The van der Waals surface area contributed by atoms with Crippen LogP contribution in [0.3, 0.4) is 0 Å². The van der Waals surface area contributed by atoms with E-state index in [2.05, 4.69) is 0 Å². The molecule has 0 bridgehead atoms. The number of ether oxygens (including phenoxy) is 2. The van der Waals surface area contributed by atoms with Crippen molar-refractivity contribution in [3.63, 3.8) is 0 Å². The van der Waals surface area contributed by atoms with E-state index < -0.39 is 10.0 Å². The third kappa shape index (κ3) is 4.39. The summed E-state index contributed by atoms with van der Waals surface area (Å²) >= 11 is 0. The lowest BCUT2D eigenvalue weighted by atomic mass is 10.2. The summed E-state index contributed by atoms with van der Waals surface area (Å²) in [6.07, 6.45) is 0.739. The van der Waals surface area contributed by atoms with Crippen molar-refractivity contribution in [2.75, 3.05) is 36.5 Å². The summed E-state index contributed by atoms with van der Waals surface area (Å²) in [5, 5.41) is 0. The first kappa shape index (κ1) is 22.7. The van der Waals surface area contributed by atoms with E-state index in [1.54, 1.807) is 47.4 Å². The zero-order valence-corrected chi connectivity index (χ0v) is 19.6. The van der Waals surface area contributed by atoms with Crippen molar-refractivity contribution < 1.29 is 22.7 Å². The number of anilines is 2. The second-order valence-corrected chi connectivity index (χ2v) is 9.65. The number of hydrogen-bond donors (Lipinski definition) is 0. The third-order valence-corrected chi connectivity index (χ3v) is 7.52. The van der Waals surface area contributed by atoms with E-state index in [0.29, 0.717) is 23.7 Å². The Morgan fingerprint density at radius 1 is 0.970 bits per heavy atom. The number of fused-ring (bicyclic) bond motifs is 1. The Hall–Kier alpha value is -3.52. The van der Waals surface area contributed by atoms with Crippen LogP contribution in [0.15, 0.2) is 71.6 Å². The van der Waals surface area contributed by atoms with Crippen LogP contribution in [0.25, 0.3) is 0 Å². The molecule has 0 spiro atoms. The summed E-state index contributed by atoms with van der Waals surface area (Å²) in [5.41, 5.74) is 3.15. The minimum Gasteiger partial charge on any atom is -0.493 e. The summed E-state index contributed by atoms with van der Waals surface area (Å²) in [6, 6.07) is 19.0. The van der Waals surface area contributed by atoms with Crippen molar-refractivity contribution in [3.05, 3.63) is 77.9 Å². The first-order valence-corrected chi connectivity index (χ1v) is 12.0. The smallest absolute Gasteiger partial charge is 0.264 e. The molecular formula is C25H26N2O5S. The molecule has 8 heteroatoms. The first-order chi connectivity index (χ1) is 15.8. The van der Waals surface area contributed by atoms with Gasteiger partial charge in [-0.3, -0.25) is 9.10 Å². The molecule has 3 aromatic rings. The Balaban J connectivity index is 1.75. The van der Waals surface area contributed by atoms with Crippen molar-refractivity contribution in [2.24, 2.45) is 0 Å². The van der Waals surface area contributed by atoms with Crippen molar-refractivity contribution in [1.29, 1.82) is 0 Å². The van der Waals surface area contributed by atoms with Gasteiger partial charge in [0, 0.05) is 18.3 Å². The van der Waals surface area contributed by atoms with Gasteiger partial charge in [0.2, 0.25) is 5.91 Å². The van der Waals surface area contributed by atoms with Crippen molar-refractivity contribution in [3.8, 4) is 11.5 Å². The van der Waals surface area contributed by atoms with Gasteiger partial charge in [-0.15, -0.1) is 0 Å². The molecule has 33 heavy (non-hydrogen) atoms. The molecular weight excluding hydrogens is 440 g/mol. The normalized spacial score (nSPS) is 12.9. The van der Waals surface area contributed by atoms with Crippen LogP contribution in [0.2, 0.25) is 0 Å². The summed E-state index contributed by atoms with van der Waals surface area (Å²) in [5.74, 6) is 0.539. The number of nitrogens with zero attached hydrogens (tertiary/aromatic N) is 2. The molecule has 0 fully saturated rings. The number of aryl methyl sites for hydroxylation is 1. The highest BCUT2D eigenvalue weighted by Crippen LogP contribution is 2.34. The van der Waals surface area contributed by atoms with E-state index in [9.17, 15) is 13.2 Å². The molecule has 0 saturated carbocycles. The second kappa shape index (κ2) is 9.15. The molecule has 0 saturated heterocycles. The van der Waals surface area contributed by atoms with Gasteiger partial charge in [0.05, 0.1) is 24.8 Å². The Bertz CT molecular complexity index is 1270. The van der Waals surface area contributed by atoms with Gasteiger partial charge in [0.1, 0.15) is 6.54 Å². The van der Waals surface area contributed by atoms with Gasteiger partial charge < -0.3 is 14.4 Å². The standard InChI is InChI=1S/C25H26N2O5S/c1-18-8-11-21(12-9-18)33(29,30)27(20-10-13-23(31-2)24(16-20)32-3)17-25(28)26-15-14-19-6-4-5-7-22(19)26/h4-13,16H,14-15,17H2,1-3H3. The van der Waals surface area contributed by atoms with Gasteiger partial charge in [-0.1, -0.05) is 35.9 Å². The average Bonchev–Trinajstić information content (AvgIpc) is 3.26. The van der Waals surface area contributed by atoms with Crippen LogP contribution in [-0.4, -0.2) is 41.6 Å². The number of hydrogen-bond acceptors (Lipinski definition) is 5. The molecule has 1 heterocycles. The molecule has 3 aromatic carbocycles. The molecule has 0 radical (unpaired) electrons. The Kier molecular flexibility index (Phi) is 6.29. The summed E-state index contributed by atoms with van der Waals surface area (Å²) in [4.78, 5) is 15.1. The van der Waals surface area contributed by atoms with Crippen LogP contribution < -0.4 is 18.7 Å². The fraction of sp³-hybridized carbons (Fsp3) is 0.240. The average molecular weight is 467 g/mol. The highest BCUT2D eigenvalue weighted by Gasteiger charge is 2.32. The molecule has 7 nitrogen and oxygen atoms in total. The molecule has 1 aliphatic heterocycles. The summed E-state index contributed by atoms with van der Waals surface area (Å²) < 4.78 is 39.1. The van der Waals surface area contributed by atoms with E-state index in [0.717, 1.165) is 27.5 Å². The Labute approximate surface area is 194 Å². The fourth-order valence-corrected chi connectivity index (χ4v) is 5.34. The van der Waals surface area contributed by atoms with Crippen LogP contribution in [0.4, 0.5) is 11.4 Å². The maximum absolute atomic E-state index is 13.7. The molecule has 0 aliphatic carbocycles. The number of sulfonamides is 1. The third-order valence-electron chi connectivity index (χ3n) is 5.73. The van der Waals surface area contributed by atoms with Gasteiger partial charge in [-0.2, -0.15) is 0 Å². The lowest BCUT2D eigenvalue weighted by Crippen LogP contribution is -2.42. The zero-order valence-electron chi connectivity index (χ0n) is 18.8. The van der Waals surface area contributed by atoms with Crippen LogP contribution >= 0.6 is 0 Å². The molecule has 0 unspecified atom stereocenters. The van der Waals surface area contributed by atoms with Crippen molar-refractivity contribution in [2.45, 2.75) is 18.2 Å². The molecule has 172 valence electrons. The second-order valence-electron chi connectivity index (χ2n) is 7.79. The first-order valence-electron chi connectivity index (χ1n) is 10.5. The van der Waals surface area contributed by atoms with Gasteiger partial charge >= 0.3 is 0 Å². The van der Waals surface area contributed by atoms with Crippen LogP contribution in [0.1, 0.15) is 11.1 Å². The van der Waals surface area contributed by atoms with E-state index in [1.807, 2.05) is 31.2 Å². The van der Waals surface area contributed by atoms with Crippen molar-refractivity contribution >= 4 is 27.3 Å². The van der Waals surface area contributed by atoms with E-state index >= 15 is 0 Å². The van der Waals surface area contributed by atoms with Crippen LogP contribution in [-0.2, 0) is 21.2 Å². The van der Waals surface area contributed by atoms with Gasteiger partial charge in [0.15, 0.2) is 11.5 Å². The molecule has 1 aliphatic rings. The minimum atomic E-state index is -4.03. The largest absolute Gasteiger partial charge is 0.493 e. The minimum absolute atomic E-state index is 0.109. The number of carbonyl (C=O) groups is 1. The van der Waals surface area contributed by atoms with Crippen molar-refractivity contribution in [1.82, 2.24) is 0 Å². The number of methoxy groups -OCH3 is 2. The number of para-hydroxylation sites is 1. The highest BCUT2D eigenvalue weighted by molar-refractivity contribution is 7.92. The van der Waals surface area contributed by atoms with Gasteiger partial charge in [0.25, 0.3) is 10.0 Å². The monoisotopic (exact) mass is 466 g/mol. The van der Waals surface area contributed by atoms with Crippen LogP contribution in [0, 0.1) is 6.92 Å². The summed E-state index contributed by atoms with van der Waals surface area (Å²) in [6.45, 7) is 2.05. The lowest BCUT2D eigenvalue weighted by Gasteiger charge is -2.27. The predicted molar refractivity (Wildman–Crippen MR) is 128 cm³/mol. The van der Waals surface area contributed by atoms with Crippen LogP contribution in [0.5, 0.6) is 11.5 Å². The summed E-state index contributed by atoms with van der Waals surface area (Å²) in [7, 11) is -1.04. The Morgan fingerprint density at radius 3 is 2.36 bits per heavy atom. The number of rotatable bonds is 7. The fourth-order valence-electron chi connectivity index (χ4n) is 3.94. The number of benzene rings is 3. The number of carbonyl (C=O) groups excluding carboxylic acids is 1. The Morgan fingerprint density at radius 2 is 1.67 bits per heavy atom. The maximum Gasteiger partial charge on any atom is 0.264 e. The highest BCUT2D eigenvalue weighted by atomic mass is 32.2. The van der Waals surface area contributed by atoms with Gasteiger partial charge in [-0.25, -0.2) is 8.42 Å². The zero-order chi connectivity index (χ0) is 23.6. The van der Waals surface area contributed by atoms with E-state index in [1.165, 1.54) is 14.2 Å². The molecule has 0 aromatic heterocycles. The van der Waals surface area contributed by atoms with E-state index in [4.69, 9.17) is 9.47 Å². The van der Waals surface area contributed by atoms with E-state index in [-0.39, 0.29) is 17.3 Å². The molecule has 1 amide bonds. The quantitative estimate of drug-likeness (QED) is 0.530.